The summed E-state index contributed by atoms with van der Waals surface area (Å²) in [7, 11) is -3.59. The maximum Gasteiger partial charge on any atom is 0.303 e. The molecule has 2 atom stereocenters. The molecule has 7 nitrogen and oxygen atoms in total. The molecular weight excluding hydrogens is 451 g/mol. The molecule has 2 N–H and O–H groups in total. The highest BCUT2D eigenvalue weighted by molar-refractivity contribution is 7.64. The van der Waals surface area contributed by atoms with Crippen LogP contribution in [-0.4, -0.2) is 28.9 Å². The standard InChI is InChI=1S/C23H22ClN2O5P/c24-18-6-8-19(9-7-18)31-20-10-12-21(13-11-20)32(29)26(16-23(27)25-28)22(14-15-30-32)17-4-2-1-3-5-17/h1-13,22,28H,14-16H2,(H,25,27). The van der Waals surface area contributed by atoms with Crippen LogP contribution in [0.15, 0.2) is 78.9 Å². The molecule has 1 heterocycles. The number of ether oxygens (including phenoxy) is 1. The van der Waals surface area contributed by atoms with Crippen LogP contribution >= 0.6 is 19.1 Å². The van der Waals surface area contributed by atoms with Crippen LogP contribution in [0.3, 0.4) is 0 Å². The van der Waals surface area contributed by atoms with Crippen molar-refractivity contribution < 1.29 is 23.8 Å². The first-order valence-corrected chi connectivity index (χ1v) is 12.0. The van der Waals surface area contributed by atoms with Gasteiger partial charge in [0, 0.05) is 11.1 Å². The minimum Gasteiger partial charge on any atom is -0.457 e. The summed E-state index contributed by atoms with van der Waals surface area (Å²) >= 11 is 5.90. The van der Waals surface area contributed by atoms with E-state index in [0.717, 1.165) is 5.56 Å². The molecule has 0 bridgehead atoms. The van der Waals surface area contributed by atoms with Crippen LogP contribution in [0.25, 0.3) is 0 Å². The second-order valence-electron chi connectivity index (χ2n) is 7.25. The molecule has 2 unspecified atom stereocenters. The third-order valence-electron chi connectivity index (χ3n) is 5.18. The minimum atomic E-state index is -3.59. The Hall–Kier alpha value is -2.67. The van der Waals surface area contributed by atoms with Crippen molar-refractivity contribution in [3.63, 3.8) is 0 Å². The van der Waals surface area contributed by atoms with E-state index in [1.165, 1.54) is 4.67 Å². The number of hydrogen-bond acceptors (Lipinski definition) is 5. The van der Waals surface area contributed by atoms with Crippen LogP contribution in [0.1, 0.15) is 18.0 Å². The number of carbonyl (C=O) groups is 1. The maximum absolute atomic E-state index is 14.1. The third-order valence-corrected chi connectivity index (χ3v) is 8.01. The zero-order valence-electron chi connectivity index (χ0n) is 17.1. The van der Waals surface area contributed by atoms with Gasteiger partial charge in [-0.05, 0) is 60.5 Å². The number of halogens is 1. The van der Waals surface area contributed by atoms with Crippen LogP contribution in [-0.2, 0) is 13.9 Å². The van der Waals surface area contributed by atoms with Crippen molar-refractivity contribution in [2.45, 2.75) is 12.5 Å². The molecular formula is C23H22ClN2O5P. The first-order chi connectivity index (χ1) is 15.5. The predicted molar refractivity (Wildman–Crippen MR) is 122 cm³/mol. The Labute approximate surface area is 191 Å². The molecule has 1 saturated heterocycles. The van der Waals surface area contributed by atoms with Crippen molar-refractivity contribution in [1.29, 1.82) is 0 Å². The Morgan fingerprint density at radius 1 is 1.06 bits per heavy atom. The van der Waals surface area contributed by atoms with Gasteiger partial charge in [-0.1, -0.05) is 41.9 Å². The van der Waals surface area contributed by atoms with E-state index in [1.807, 2.05) is 30.3 Å². The summed E-state index contributed by atoms with van der Waals surface area (Å²) < 4.78 is 27.2. The molecule has 32 heavy (non-hydrogen) atoms. The molecule has 4 rings (SSSR count). The van der Waals surface area contributed by atoms with Gasteiger partial charge in [0.2, 0.25) is 0 Å². The summed E-state index contributed by atoms with van der Waals surface area (Å²) in [6, 6.07) is 22.9. The number of hydroxylamine groups is 1. The molecule has 0 radical (unpaired) electrons. The van der Waals surface area contributed by atoms with Crippen molar-refractivity contribution in [3.8, 4) is 11.5 Å². The highest BCUT2D eigenvalue weighted by atomic mass is 35.5. The molecule has 9 heteroatoms. The van der Waals surface area contributed by atoms with Crippen molar-refractivity contribution in [1.82, 2.24) is 10.2 Å². The number of nitrogens with one attached hydrogen (secondary N) is 1. The van der Waals surface area contributed by atoms with Gasteiger partial charge in [-0.15, -0.1) is 0 Å². The monoisotopic (exact) mass is 472 g/mol. The van der Waals surface area contributed by atoms with Crippen LogP contribution in [0.2, 0.25) is 5.02 Å². The van der Waals surface area contributed by atoms with Crippen LogP contribution < -0.4 is 15.5 Å². The fourth-order valence-electron chi connectivity index (χ4n) is 3.66. The number of rotatable bonds is 6. The Kier molecular flexibility index (Phi) is 6.94. The van der Waals surface area contributed by atoms with E-state index in [-0.39, 0.29) is 19.2 Å². The Bertz CT molecular complexity index is 1110. The molecule has 166 valence electrons. The number of benzene rings is 3. The van der Waals surface area contributed by atoms with Crippen molar-refractivity contribution in [3.05, 3.63) is 89.4 Å². The highest BCUT2D eigenvalue weighted by Gasteiger charge is 2.43. The van der Waals surface area contributed by atoms with Gasteiger partial charge in [0.15, 0.2) is 0 Å². The Morgan fingerprint density at radius 2 is 1.69 bits per heavy atom. The van der Waals surface area contributed by atoms with Gasteiger partial charge >= 0.3 is 7.52 Å². The smallest absolute Gasteiger partial charge is 0.303 e. The molecule has 1 aliphatic rings. The lowest BCUT2D eigenvalue weighted by atomic mass is 10.0. The summed E-state index contributed by atoms with van der Waals surface area (Å²) in [6.07, 6.45) is 0.560. The van der Waals surface area contributed by atoms with E-state index in [0.29, 0.717) is 28.2 Å². The number of nitrogens with zero attached hydrogens (tertiary/aromatic N) is 1. The molecule has 0 aromatic heterocycles. The quantitative estimate of drug-likeness (QED) is 0.301. The van der Waals surface area contributed by atoms with E-state index in [4.69, 9.17) is 26.1 Å². The molecule has 1 amide bonds. The lowest BCUT2D eigenvalue weighted by molar-refractivity contribution is -0.130. The second-order valence-corrected chi connectivity index (χ2v) is 10.0. The second kappa shape index (κ2) is 9.86. The van der Waals surface area contributed by atoms with E-state index < -0.39 is 13.4 Å². The van der Waals surface area contributed by atoms with Gasteiger partial charge < -0.3 is 9.26 Å². The predicted octanol–water partition coefficient (Wildman–Crippen LogP) is 4.92. The van der Waals surface area contributed by atoms with Crippen molar-refractivity contribution in [2.75, 3.05) is 13.2 Å². The minimum absolute atomic E-state index is 0.275. The average Bonchev–Trinajstić information content (AvgIpc) is 2.83. The fraction of sp³-hybridized carbons (Fsp3) is 0.174. The van der Waals surface area contributed by atoms with E-state index in [2.05, 4.69) is 0 Å². The summed E-state index contributed by atoms with van der Waals surface area (Å²) in [5.74, 6) is 0.506. The largest absolute Gasteiger partial charge is 0.457 e. The molecule has 1 fully saturated rings. The van der Waals surface area contributed by atoms with Crippen LogP contribution in [0.4, 0.5) is 0 Å². The van der Waals surface area contributed by atoms with Crippen LogP contribution in [0.5, 0.6) is 11.5 Å². The summed E-state index contributed by atoms with van der Waals surface area (Å²) in [6.45, 7) is -0.00647. The first-order valence-electron chi connectivity index (χ1n) is 10.0. The number of amides is 1. The normalized spacial score (nSPS) is 21.1. The molecule has 0 aliphatic carbocycles. The molecule has 3 aromatic carbocycles. The lowest BCUT2D eigenvalue weighted by Crippen LogP contribution is -2.41. The van der Waals surface area contributed by atoms with Gasteiger partial charge in [-0.3, -0.25) is 14.6 Å². The summed E-state index contributed by atoms with van der Waals surface area (Å²) in [4.78, 5) is 12.0. The van der Waals surface area contributed by atoms with Gasteiger partial charge in [0.05, 0.1) is 18.5 Å². The topological polar surface area (TPSA) is 88.1 Å². The lowest BCUT2D eigenvalue weighted by Gasteiger charge is -2.41. The molecule has 0 spiro atoms. The molecule has 1 aliphatic heterocycles. The SMILES string of the molecule is O=C(CN1C(c2ccccc2)CCOP1(=O)c1ccc(Oc2ccc(Cl)cc2)cc1)NO. The van der Waals surface area contributed by atoms with Gasteiger partial charge in [0.1, 0.15) is 11.5 Å². The number of carbonyl (C=O) groups excluding carboxylic acids is 1. The fourth-order valence-corrected chi connectivity index (χ4v) is 6.19. The van der Waals surface area contributed by atoms with Crippen molar-refractivity contribution in [2.24, 2.45) is 0 Å². The van der Waals surface area contributed by atoms with E-state index in [1.54, 1.807) is 54.0 Å². The molecule has 3 aromatic rings. The summed E-state index contributed by atoms with van der Waals surface area (Å²) in [5, 5.41) is 10.1. The first kappa shape index (κ1) is 22.5. The third kappa shape index (κ3) is 4.88. The van der Waals surface area contributed by atoms with E-state index in [9.17, 15) is 9.36 Å². The zero-order valence-corrected chi connectivity index (χ0v) is 18.7. The molecule has 0 saturated carbocycles. The van der Waals surface area contributed by atoms with Crippen LogP contribution in [0, 0.1) is 0 Å². The summed E-state index contributed by atoms with van der Waals surface area (Å²) in [5.41, 5.74) is 2.55. The van der Waals surface area contributed by atoms with Crippen molar-refractivity contribution >= 4 is 30.3 Å². The Balaban J connectivity index is 1.63. The zero-order chi connectivity index (χ0) is 22.6. The number of hydrogen-bond donors (Lipinski definition) is 2. The van der Waals surface area contributed by atoms with E-state index >= 15 is 0 Å². The average molecular weight is 473 g/mol. The Morgan fingerprint density at radius 3 is 2.31 bits per heavy atom. The maximum atomic E-state index is 14.1. The van der Waals surface area contributed by atoms with Gasteiger partial charge in [-0.25, -0.2) is 10.2 Å². The highest BCUT2D eigenvalue weighted by Crippen LogP contribution is 2.57. The van der Waals surface area contributed by atoms with Gasteiger partial charge in [-0.2, -0.15) is 0 Å². The van der Waals surface area contributed by atoms with Gasteiger partial charge in [0.25, 0.3) is 5.91 Å².